The van der Waals surface area contributed by atoms with Gasteiger partial charge in [-0.1, -0.05) is 6.92 Å². The number of ether oxygens (including phenoxy) is 3. The Hall–Kier alpha value is -1.46. The zero-order valence-electron chi connectivity index (χ0n) is 9.11. The first-order valence-corrected chi connectivity index (χ1v) is 4.71. The molecule has 0 aromatic carbocycles. The Morgan fingerprint density at radius 1 is 1.27 bits per heavy atom. The number of hydrogen-bond donors (Lipinski definition) is 1. The van der Waals surface area contributed by atoms with Gasteiger partial charge < -0.3 is 19.3 Å². The van der Waals surface area contributed by atoms with Crippen LogP contribution >= 0.6 is 0 Å². The monoisotopic (exact) mass is 220 g/mol. The van der Waals surface area contributed by atoms with Gasteiger partial charge in [-0.2, -0.15) is 0 Å². The second kappa shape index (κ2) is 6.10. The molecular formula is C9H16O6. The smallest absolute Gasteiger partial charge is 0.450 e. The average Bonchev–Trinajstić information content (AvgIpc) is 2.01. The van der Waals surface area contributed by atoms with Gasteiger partial charge in [0.2, 0.25) is 0 Å². The summed E-state index contributed by atoms with van der Waals surface area (Å²) in [6, 6.07) is 0. The summed E-state index contributed by atoms with van der Waals surface area (Å²) in [6.07, 6.45) is -1.54. The molecule has 0 aliphatic carbocycles. The predicted octanol–water partition coefficient (Wildman–Crippen LogP) is 2.37. The number of carbonyl (C=O) groups is 2. The fourth-order valence-electron chi connectivity index (χ4n) is 1.09. The van der Waals surface area contributed by atoms with Gasteiger partial charge in [0.15, 0.2) is 0 Å². The number of carboxylic acid groups (broad SMARTS) is 1. The molecule has 0 spiro atoms. The van der Waals surface area contributed by atoms with Gasteiger partial charge in [-0.25, -0.2) is 9.59 Å². The Balaban J connectivity index is 4.35. The van der Waals surface area contributed by atoms with E-state index in [1.165, 1.54) is 6.92 Å². The predicted molar refractivity (Wildman–Crippen MR) is 50.5 cm³/mol. The van der Waals surface area contributed by atoms with Crippen molar-refractivity contribution in [3.05, 3.63) is 0 Å². The minimum atomic E-state index is -1.49. The van der Waals surface area contributed by atoms with Crippen molar-refractivity contribution in [3.63, 3.8) is 0 Å². The Bertz CT molecular complexity index is 227. The lowest BCUT2D eigenvalue weighted by Crippen LogP contribution is -2.36. The van der Waals surface area contributed by atoms with E-state index < -0.39 is 18.1 Å². The van der Waals surface area contributed by atoms with Crippen LogP contribution in [0.4, 0.5) is 9.59 Å². The summed E-state index contributed by atoms with van der Waals surface area (Å²) in [6.45, 7) is 4.98. The summed E-state index contributed by atoms with van der Waals surface area (Å²) in [5.41, 5.74) is 0. The van der Waals surface area contributed by atoms with Gasteiger partial charge in [-0.05, 0) is 13.3 Å². The molecule has 1 atom stereocenters. The fourth-order valence-corrected chi connectivity index (χ4v) is 1.09. The van der Waals surface area contributed by atoms with Crippen molar-refractivity contribution in [2.45, 2.75) is 39.4 Å². The van der Waals surface area contributed by atoms with E-state index in [2.05, 4.69) is 9.47 Å². The molecule has 0 bridgehead atoms. The van der Waals surface area contributed by atoms with Crippen molar-refractivity contribution in [3.8, 4) is 0 Å². The maximum atomic E-state index is 11.0. The molecular weight excluding hydrogens is 204 g/mol. The van der Waals surface area contributed by atoms with Crippen molar-refractivity contribution in [1.29, 1.82) is 0 Å². The van der Waals surface area contributed by atoms with Crippen LogP contribution in [0, 0.1) is 0 Å². The van der Waals surface area contributed by atoms with Crippen LogP contribution in [0.5, 0.6) is 0 Å². The van der Waals surface area contributed by atoms with Crippen LogP contribution in [0.25, 0.3) is 0 Å². The quantitative estimate of drug-likeness (QED) is 0.565. The number of hydrogen-bond acceptors (Lipinski definition) is 5. The molecule has 6 nitrogen and oxygen atoms in total. The lowest BCUT2D eigenvalue weighted by Gasteiger charge is -2.26. The molecule has 6 heteroatoms. The summed E-state index contributed by atoms with van der Waals surface area (Å²) in [4.78, 5) is 21.4. The molecule has 88 valence electrons. The fraction of sp³-hybridized carbons (Fsp3) is 0.778. The van der Waals surface area contributed by atoms with E-state index in [-0.39, 0.29) is 13.0 Å². The highest BCUT2D eigenvalue weighted by Crippen LogP contribution is 2.20. The molecule has 0 aromatic heterocycles. The third kappa shape index (κ3) is 5.77. The molecule has 0 fully saturated rings. The van der Waals surface area contributed by atoms with E-state index in [0.717, 1.165) is 0 Å². The van der Waals surface area contributed by atoms with Crippen LogP contribution in [0.15, 0.2) is 0 Å². The Labute approximate surface area is 88.1 Å². The normalized spacial score (nSPS) is 13.8. The number of carbonyl (C=O) groups excluding carboxylic acids is 1. The molecule has 0 heterocycles. The van der Waals surface area contributed by atoms with Crippen LogP contribution in [0.3, 0.4) is 0 Å². The van der Waals surface area contributed by atoms with Crippen LogP contribution in [-0.4, -0.2) is 29.8 Å². The Kier molecular flexibility index (Phi) is 5.51. The SMILES string of the molecule is CCCC(C)(OC(=O)O)OC(=O)OCC. The van der Waals surface area contributed by atoms with Crippen LogP contribution in [-0.2, 0) is 14.2 Å². The summed E-state index contributed by atoms with van der Waals surface area (Å²) >= 11 is 0. The largest absolute Gasteiger partial charge is 0.511 e. The molecule has 0 aliphatic rings. The van der Waals surface area contributed by atoms with Crippen LogP contribution < -0.4 is 0 Å². The van der Waals surface area contributed by atoms with Gasteiger partial charge in [0, 0.05) is 13.3 Å². The lowest BCUT2D eigenvalue weighted by molar-refractivity contribution is -0.177. The topological polar surface area (TPSA) is 82.1 Å². The molecule has 15 heavy (non-hydrogen) atoms. The number of rotatable bonds is 5. The van der Waals surface area contributed by atoms with Crippen molar-refractivity contribution >= 4 is 12.3 Å². The van der Waals surface area contributed by atoms with E-state index in [1.807, 2.05) is 6.92 Å². The van der Waals surface area contributed by atoms with Gasteiger partial charge >= 0.3 is 12.3 Å². The first-order chi connectivity index (χ1) is 6.93. The molecule has 0 rings (SSSR count). The molecule has 0 radical (unpaired) electrons. The molecule has 0 amide bonds. The van der Waals surface area contributed by atoms with Gasteiger partial charge in [0.05, 0.1) is 6.61 Å². The van der Waals surface area contributed by atoms with Crippen molar-refractivity contribution in [2.75, 3.05) is 6.61 Å². The molecule has 0 saturated heterocycles. The van der Waals surface area contributed by atoms with Crippen LogP contribution in [0.2, 0.25) is 0 Å². The van der Waals surface area contributed by atoms with Gasteiger partial charge in [-0.3, -0.25) is 0 Å². The van der Waals surface area contributed by atoms with Gasteiger partial charge in [0.1, 0.15) is 0 Å². The minimum absolute atomic E-state index is 0.161. The molecule has 0 aromatic rings. The molecule has 1 N–H and O–H groups in total. The summed E-state index contributed by atoms with van der Waals surface area (Å²) in [5.74, 6) is -1.48. The molecule has 1 unspecified atom stereocenters. The first kappa shape index (κ1) is 13.5. The van der Waals surface area contributed by atoms with Crippen LogP contribution in [0.1, 0.15) is 33.6 Å². The second-order valence-electron chi connectivity index (χ2n) is 3.04. The highest BCUT2D eigenvalue weighted by Gasteiger charge is 2.33. The van der Waals surface area contributed by atoms with E-state index in [0.29, 0.717) is 6.42 Å². The van der Waals surface area contributed by atoms with Crippen molar-refractivity contribution in [2.24, 2.45) is 0 Å². The lowest BCUT2D eigenvalue weighted by atomic mass is 10.2. The first-order valence-electron chi connectivity index (χ1n) is 4.71. The van der Waals surface area contributed by atoms with Gasteiger partial charge in [0.25, 0.3) is 5.79 Å². The summed E-state index contributed by atoms with van der Waals surface area (Å²) in [5, 5.41) is 8.46. The summed E-state index contributed by atoms with van der Waals surface area (Å²) < 4.78 is 13.8. The van der Waals surface area contributed by atoms with Gasteiger partial charge in [-0.15, -0.1) is 0 Å². The van der Waals surface area contributed by atoms with E-state index in [9.17, 15) is 9.59 Å². The summed E-state index contributed by atoms with van der Waals surface area (Å²) in [7, 11) is 0. The third-order valence-corrected chi connectivity index (χ3v) is 1.57. The highest BCUT2D eigenvalue weighted by atomic mass is 16.8. The zero-order chi connectivity index (χ0) is 11.9. The minimum Gasteiger partial charge on any atom is -0.450 e. The Morgan fingerprint density at radius 3 is 2.27 bits per heavy atom. The Morgan fingerprint density at radius 2 is 1.87 bits per heavy atom. The standard InChI is InChI=1S/C9H16O6/c1-4-6-9(3,14-7(10)11)15-8(12)13-5-2/h4-6H2,1-3H3,(H,10,11). The molecule has 0 aliphatic heterocycles. The molecule has 0 saturated carbocycles. The maximum Gasteiger partial charge on any atom is 0.511 e. The second-order valence-corrected chi connectivity index (χ2v) is 3.04. The highest BCUT2D eigenvalue weighted by molar-refractivity contribution is 5.61. The zero-order valence-corrected chi connectivity index (χ0v) is 9.11. The third-order valence-electron chi connectivity index (χ3n) is 1.57. The van der Waals surface area contributed by atoms with E-state index in [4.69, 9.17) is 9.84 Å². The van der Waals surface area contributed by atoms with Crippen molar-refractivity contribution in [1.82, 2.24) is 0 Å². The maximum absolute atomic E-state index is 11.0. The average molecular weight is 220 g/mol. The van der Waals surface area contributed by atoms with E-state index >= 15 is 0 Å². The van der Waals surface area contributed by atoms with Crippen molar-refractivity contribution < 1.29 is 28.9 Å². The van der Waals surface area contributed by atoms with E-state index in [1.54, 1.807) is 6.92 Å².